The highest BCUT2D eigenvalue weighted by Gasteiger charge is 2.49. The van der Waals surface area contributed by atoms with Crippen LogP contribution in [0.4, 0.5) is 0 Å². The molecule has 0 aromatic heterocycles. The number of benzene rings is 2. The summed E-state index contributed by atoms with van der Waals surface area (Å²) in [6, 6.07) is 17.4. The lowest BCUT2D eigenvalue weighted by Gasteiger charge is -2.52. The molecule has 2 aromatic carbocycles. The van der Waals surface area contributed by atoms with Gasteiger partial charge in [0, 0.05) is 24.1 Å². The van der Waals surface area contributed by atoms with Crippen molar-refractivity contribution in [1.29, 1.82) is 0 Å². The van der Waals surface area contributed by atoms with Crippen LogP contribution in [0.3, 0.4) is 0 Å². The Morgan fingerprint density at radius 3 is 2.58 bits per heavy atom. The van der Waals surface area contributed by atoms with Crippen molar-refractivity contribution in [2.45, 2.75) is 37.2 Å². The third kappa shape index (κ3) is 4.62. The molecule has 2 fully saturated rings. The number of hydrogen-bond donors (Lipinski definition) is 0. The molecule has 4 rings (SSSR count). The fourth-order valence-electron chi connectivity index (χ4n) is 5.31. The number of fused-ring (bicyclic) bond motifs is 1. The second-order valence-corrected chi connectivity index (χ2v) is 10.3. The van der Waals surface area contributed by atoms with Crippen LogP contribution < -0.4 is 4.74 Å². The minimum absolute atomic E-state index is 0.0503. The molecule has 1 heterocycles. The van der Waals surface area contributed by atoms with Crippen molar-refractivity contribution in [3.8, 4) is 5.75 Å². The molecule has 0 bridgehead atoms. The third-order valence-electron chi connectivity index (χ3n) is 6.74. The van der Waals surface area contributed by atoms with Gasteiger partial charge in [-0.2, -0.15) is 8.42 Å². The quantitative estimate of drug-likeness (QED) is 0.660. The average molecular weight is 444 g/mol. The first kappa shape index (κ1) is 21.8. The average Bonchev–Trinajstić information content (AvgIpc) is 2.77. The van der Waals surface area contributed by atoms with Gasteiger partial charge in [0.1, 0.15) is 5.75 Å². The molecule has 1 aliphatic carbocycles. The van der Waals surface area contributed by atoms with Gasteiger partial charge in [-0.15, -0.1) is 0 Å². The zero-order valence-corrected chi connectivity index (χ0v) is 18.8. The zero-order chi connectivity index (χ0) is 22.1. The van der Waals surface area contributed by atoms with Crippen LogP contribution in [0.1, 0.15) is 41.6 Å². The molecule has 1 saturated carbocycles. The van der Waals surface area contributed by atoms with Gasteiger partial charge in [0.2, 0.25) is 0 Å². The maximum atomic E-state index is 13.1. The van der Waals surface area contributed by atoms with Gasteiger partial charge in [0.05, 0.1) is 19.5 Å². The number of piperidine rings is 1. The highest BCUT2D eigenvalue weighted by Crippen LogP contribution is 2.50. The van der Waals surface area contributed by atoms with Gasteiger partial charge in [-0.1, -0.05) is 30.3 Å². The van der Waals surface area contributed by atoms with Crippen molar-refractivity contribution in [3.63, 3.8) is 0 Å². The molecule has 166 valence electrons. The summed E-state index contributed by atoms with van der Waals surface area (Å²) in [7, 11) is -1.89. The Morgan fingerprint density at radius 2 is 1.87 bits per heavy atom. The summed E-state index contributed by atoms with van der Waals surface area (Å²) in [5, 5.41) is 0. The number of nitrogens with zero attached hydrogens (tertiary/aromatic N) is 1. The number of amides is 1. The molecule has 0 N–H and O–H groups in total. The molecule has 6 nitrogen and oxygen atoms in total. The normalized spacial score (nSPS) is 26.2. The number of ether oxygens (including phenoxy) is 1. The van der Waals surface area contributed by atoms with Crippen molar-refractivity contribution < 1.29 is 22.1 Å². The number of methoxy groups -OCH3 is 1. The Kier molecular flexibility index (Phi) is 6.08. The van der Waals surface area contributed by atoms with Gasteiger partial charge in [0.25, 0.3) is 16.0 Å². The first-order valence-electron chi connectivity index (χ1n) is 10.7. The van der Waals surface area contributed by atoms with Gasteiger partial charge in [-0.25, -0.2) is 0 Å². The molecule has 2 aromatic rings. The van der Waals surface area contributed by atoms with E-state index in [4.69, 9.17) is 8.92 Å². The van der Waals surface area contributed by atoms with Gasteiger partial charge in [-0.05, 0) is 61.4 Å². The summed E-state index contributed by atoms with van der Waals surface area (Å²) < 4.78 is 34.5. The smallest absolute Gasteiger partial charge is 0.264 e. The van der Waals surface area contributed by atoms with Crippen molar-refractivity contribution in [2.75, 3.05) is 26.5 Å². The number of carbonyl (C=O) groups excluding carboxylic acids is 1. The monoisotopic (exact) mass is 443 g/mol. The van der Waals surface area contributed by atoms with Crippen LogP contribution in [0.25, 0.3) is 0 Å². The van der Waals surface area contributed by atoms with E-state index >= 15 is 0 Å². The summed E-state index contributed by atoms with van der Waals surface area (Å²) in [6.07, 6.45) is 3.60. The Hall–Kier alpha value is -2.38. The standard InChI is InChI=1S/C24H29NO5S/c1-29-21-10-6-9-19(15-21)24-13-14-25(23(26)18-7-4-3-5-8-18)17-20(24)11-12-22(16-24)30-31(2,27)28/h3-10,15,20,22H,11-14,16-17H2,1-2H3/t20-,22?,24-/m0/s1. The highest BCUT2D eigenvalue weighted by molar-refractivity contribution is 7.86. The van der Waals surface area contributed by atoms with Gasteiger partial charge in [-0.3, -0.25) is 8.98 Å². The van der Waals surface area contributed by atoms with E-state index in [0.29, 0.717) is 31.5 Å². The Morgan fingerprint density at radius 1 is 1.10 bits per heavy atom. The molecule has 7 heteroatoms. The summed E-state index contributed by atoms with van der Waals surface area (Å²) in [4.78, 5) is 15.0. The van der Waals surface area contributed by atoms with E-state index in [1.54, 1.807) is 7.11 Å². The van der Waals surface area contributed by atoms with Crippen molar-refractivity contribution in [1.82, 2.24) is 4.90 Å². The lowest BCUT2D eigenvalue weighted by molar-refractivity contribution is 0.00968. The van der Waals surface area contributed by atoms with Crippen LogP contribution in [-0.2, 0) is 19.7 Å². The molecule has 1 unspecified atom stereocenters. The SMILES string of the molecule is COc1cccc([C@@]23CCN(C(=O)c4ccccc4)C[C@@H]2CCC(OS(C)(=O)=O)C3)c1. The summed E-state index contributed by atoms with van der Waals surface area (Å²) in [6.45, 7) is 1.27. The van der Waals surface area contributed by atoms with Gasteiger partial charge < -0.3 is 9.64 Å². The predicted octanol–water partition coefficient (Wildman–Crippen LogP) is 3.62. The van der Waals surface area contributed by atoms with E-state index in [9.17, 15) is 13.2 Å². The second kappa shape index (κ2) is 8.63. The summed E-state index contributed by atoms with van der Waals surface area (Å²) >= 11 is 0. The lowest BCUT2D eigenvalue weighted by Crippen LogP contribution is -2.55. The van der Waals surface area contributed by atoms with Crippen LogP contribution in [0.2, 0.25) is 0 Å². The van der Waals surface area contributed by atoms with Crippen LogP contribution in [0.5, 0.6) is 5.75 Å². The molecular weight excluding hydrogens is 414 g/mol. The topological polar surface area (TPSA) is 72.9 Å². The van der Waals surface area contributed by atoms with E-state index in [-0.39, 0.29) is 23.3 Å². The van der Waals surface area contributed by atoms with E-state index < -0.39 is 10.1 Å². The fourth-order valence-corrected chi connectivity index (χ4v) is 5.97. The molecule has 2 aliphatic rings. The zero-order valence-electron chi connectivity index (χ0n) is 18.0. The fraction of sp³-hybridized carbons (Fsp3) is 0.458. The maximum absolute atomic E-state index is 13.1. The first-order valence-corrected chi connectivity index (χ1v) is 12.5. The number of carbonyl (C=O) groups is 1. The number of likely N-dealkylation sites (tertiary alicyclic amines) is 1. The van der Waals surface area contributed by atoms with Crippen LogP contribution >= 0.6 is 0 Å². The van der Waals surface area contributed by atoms with Gasteiger partial charge in [0.15, 0.2) is 0 Å². The van der Waals surface area contributed by atoms with Crippen LogP contribution in [-0.4, -0.2) is 51.8 Å². The molecule has 1 aliphatic heterocycles. The number of rotatable bonds is 5. The Balaban J connectivity index is 1.64. The van der Waals surface area contributed by atoms with Crippen LogP contribution in [0, 0.1) is 5.92 Å². The molecule has 3 atom stereocenters. The Labute approximate surface area is 184 Å². The third-order valence-corrected chi connectivity index (χ3v) is 7.36. The molecule has 1 saturated heterocycles. The minimum Gasteiger partial charge on any atom is -0.497 e. The highest BCUT2D eigenvalue weighted by atomic mass is 32.2. The van der Waals surface area contributed by atoms with E-state index in [1.807, 2.05) is 53.4 Å². The molecule has 31 heavy (non-hydrogen) atoms. The maximum Gasteiger partial charge on any atom is 0.264 e. The van der Waals surface area contributed by atoms with Crippen molar-refractivity contribution >= 4 is 16.0 Å². The van der Waals surface area contributed by atoms with Crippen molar-refractivity contribution in [2.24, 2.45) is 5.92 Å². The largest absolute Gasteiger partial charge is 0.497 e. The van der Waals surface area contributed by atoms with Crippen molar-refractivity contribution in [3.05, 3.63) is 65.7 Å². The van der Waals surface area contributed by atoms with E-state index in [1.165, 1.54) is 0 Å². The lowest BCUT2D eigenvalue weighted by atomic mass is 9.58. The minimum atomic E-state index is -3.53. The van der Waals surface area contributed by atoms with Crippen LogP contribution in [0.15, 0.2) is 54.6 Å². The summed E-state index contributed by atoms with van der Waals surface area (Å²) in [5.74, 6) is 1.05. The summed E-state index contributed by atoms with van der Waals surface area (Å²) in [5.41, 5.74) is 1.58. The van der Waals surface area contributed by atoms with Gasteiger partial charge >= 0.3 is 0 Å². The number of hydrogen-bond acceptors (Lipinski definition) is 5. The first-order chi connectivity index (χ1) is 14.8. The second-order valence-electron chi connectivity index (χ2n) is 8.66. The Bertz CT molecular complexity index is 1040. The predicted molar refractivity (Wildman–Crippen MR) is 119 cm³/mol. The molecule has 1 amide bonds. The molecule has 0 radical (unpaired) electrons. The van der Waals surface area contributed by atoms with E-state index in [0.717, 1.165) is 30.4 Å². The van der Waals surface area contributed by atoms with E-state index in [2.05, 4.69) is 6.07 Å². The molecular formula is C24H29NO5S. The molecule has 0 spiro atoms.